The fourth-order valence-electron chi connectivity index (χ4n) is 1.37. The molecule has 0 aliphatic carbocycles. The molecule has 0 saturated heterocycles. The summed E-state index contributed by atoms with van der Waals surface area (Å²) in [6.45, 7) is 0.851. The summed E-state index contributed by atoms with van der Waals surface area (Å²) in [5.41, 5.74) is 4.58. The van der Waals surface area contributed by atoms with Crippen molar-refractivity contribution in [2.45, 2.75) is 11.4 Å². The molecule has 2 aromatic rings. The Balaban J connectivity index is 1.93. The van der Waals surface area contributed by atoms with E-state index in [1.807, 2.05) is 29.2 Å². The topological polar surface area (TPSA) is 17.0 Å². The van der Waals surface area contributed by atoms with Gasteiger partial charge in [-0.25, -0.2) is 0 Å². The Hall–Kier alpha value is -1.35. The summed E-state index contributed by atoms with van der Waals surface area (Å²) in [5.74, 6) is 0. The largest absolute Gasteiger partial charge is 0.322 e. The molecule has 15 heavy (non-hydrogen) atoms. The van der Waals surface area contributed by atoms with Gasteiger partial charge in [0.15, 0.2) is 0 Å². The van der Waals surface area contributed by atoms with Gasteiger partial charge in [0.2, 0.25) is 0 Å². The van der Waals surface area contributed by atoms with Crippen molar-refractivity contribution in [1.29, 1.82) is 0 Å². The average Bonchev–Trinajstić information content (AvgIpc) is 2.80. The molecule has 2 rings (SSSR count). The number of hydrogen-bond donors (Lipinski definition) is 1. The molecule has 78 valence electrons. The van der Waals surface area contributed by atoms with E-state index in [1.54, 1.807) is 11.8 Å². The van der Waals surface area contributed by atoms with Crippen LogP contribution in [0.25, 0.3) is 0 Å². The van der Waals surface area contributed by atoms with Gasteiger partial charge in [-0.1, -0.05) is 12.1 Å². The van der Waals surface area contributed by atoms with Crippen LogP contribution in [-0.4, -0.2) is 10.9 Å². The second-order valence-electron chi connectivity index (χ2n) is 3.27. The summed E-state index contributed by atoms with van der Waals surface area (Å²) in [5, 5.41) is 0. The number of hydrogen-bond acceptors (Lipinski definition) is 2. The second kappa shape index (κ2) is 4.94. The zero-order valence-corrected chi connectivity index (χ0v) is 9.50. The zero-order valence-electron chi connectivity index (χ0n) is 8.68. The van der Waals surface area contributed by atoms with Gasteiger partial charge in [0, 0.05) is 17.3 Å². The van der Waals surface area contributed by atoms with Crippen molar-refractivity contribution in [3.8, 4) is 0 Å². The fraction of sp³-hybridized carbons (Fsp3) is 0.167. The molecule has 0 atom stereocenters. The first-order chi connectivity index (χ1) is 7.38. The third-order valence-corrected chi connectivity index (χ3v) is 2.97. The van der Waals surface area contributed by atoms with Crippen molar-refractivity contribution < 1.29 is 0 Å². The molecule has 0 bridgehead atoms. The number of nitrogens with one attached hydrogen (secondary N) is 1. The van der Waals surface area contributed by atoms with E-state index in [9.17, 15) is 0 Å². The predicted octanol–water partition coefficient (Wildman–Crippen LogP) is 2.95. The van der Waals surface area contributed by atoms with Crippen LogP contribution in [0, 0.1) is 0 Å². The lowest BCUT2D eigenvalue weighted by atomic mass is 10.2. The third kappa shape index (κ3) is 2.80. The highest BCUT2D eigenvalue weighted by Crippen LogP contribution is 2.14. The van der Waals surface area contributed by atoms with Gasteiger partial charge in [-0.2, -0.15) is 0 Å². The summed E-state index contributed by atoms with van der Waals surface area (Å²) in [4.78, 5) is 1.31. The molecule has 1 aromatic carbocycles. The number of rotatable bonds is 4. The Kier molecular flexibility index (Phi) is 3.35. The van der Waals surface area contributed by atoms with Gasteiger partial charge in [-0.3, -0.25) is 4.68 Å². The minimum atomic E-state index is 0.851. The van der Waals surface area contributed by atoms with Crippen LogP contribution in [0.1, 0.15) is 5.56 Å². The standard InChI is InChI=1S/C12H14N2S/c1-15-12-6-4-11(5-7-12)10-13-14-8-2-3-9-14/h2-9,13H,10H2,1H3. The first kappa shape index (κ1) is 10.2. The van der Waals surface area contributed by atoms with Gasteiger partial charge in [0.1, 0.15) is 0 Å². The Morgan fingerprint density at radius 1 is 1.13 bits per heavy atom. The maximum Gasteiger partial charge on any atom is 0.0564 e. The van der Waals surface area contributed by atoms with Crippen LogP contribution >= 0.6 is 11.8 Å². The smallest absolute Gasteiger partial charge is 0.0564 e. The fourth-order valence-corrected chi connectivity index (χ4v) is 1.77. The molecule has 0 radical (unpaired) electrons. The summed E-state index contributed by atoms with van der Waals surface area (Å²) in [6, 6.07) is 12.6. The Morgan fingerprint density at radius 2 is 1.80 bits per heavy atom. The molecule has 0 saturated carbocycles. The zero-order chi connectivity index (χ0) is 10.5. The highest BCUT2D eigenvalue weighted by Gasteiger charge is 1.93. The van der Waals surface area contributed by atoms with Crippen LogP contribution in [-0.2, 0) is 6.54 Å². The van der Waals surface area contributed by atoms with Gasteiger partial charge in [-0.05, 0) is 36.1 Å². The van der Waals surface area contributed by atoms with Gasteiger partial charge < -0.3 is 5.43 Å². The van der Waals surface area contributed by atoms with Crippen LogP contribution in [0.3, 0.4) is 0 Å². The van der Waals surface area contributed by atoms with Crippen LogP contribution < -0.4 is 5.43 Å². The SMILES string of the molecule is CSc1ccc(CNn2cccc2)cc1. The van der Waals surface area contributed by atoms with E-state index in [0.717, 1.165) is 6.54 Å². The maximum atomic E-state index is 3.29. The lowest BCUT2D eigenvalue weighted by molar-refractivity contribution is 0.846. The van der Waals surface area contributed by atoms with Crippen LogP contribution in [0.15, 0.2) is 53.7 Å². The molecule has 0 fully saturated rings. The van der Waals surface area contributed by atoms with Crippen LogP contribution in [0.5, 0.6) is 0 Å². The van der Waals surface area contributed by atoms with Gasteiger partial charge in [0.25, 0.3) is 0 Å². The summed E-state index contributed by atoms with van der Waals surface area (Å²) in [7, 11) is 0. The van der Waals surface area contributed by atoms with Crippen molar-refractivity contribution in [3.63, 3.8) is 0 Å². The molecule has 0 amide bonds. The number of thioether (sulfide) groups is 1. The van der Waals surface area contributed by atoms with Crippen molar-refractivity contribution in [2.75, 3.05) is 11.7 Å². The second-order valence-corrected chi connectivity index (χ2v) is 4.15. The highest BCUT2D eigenvalue weighted by atomic mass is 32.2. The van der Waals surface area contributed by atoms with E-state index in [0.29, 0.717) is 0 Å². The van der Waals surface area contributed by atoms with Crippen molar-refractivity contribution in [2.24, 2.45) is 0 Å². The molecule has 3 heteroatoms. The maximum absolute atomic E-state index is 3.29. The van der Waals surface area contributed by atoms with E-state index < -0.39 is 0 Å². The number of aromatic nitrogens is 1. The highest BCUT2D eigenvalue weighted by molar-refractivity contribution is 7.98. The molecule has 1 aromatic heterocycles. The minimum Gasteiger partial charge on any atom is -0.322 e. The van der Waals surface area contributed by atoms with Gasteiger partial charge in [0.05, 0.1) is 6.54 Å². The van der Waals surface area contributed by atoms with Crippen molar-refractivity contribution in [3.05, 3.63) is 54.4 Å². The first-order valence-electron chi connectivity index (χ1n) is 4.88. The number of benzene rings is 1. The molecule has 0 spiro atoms. The Labute approximate surface area is 94.3 Å². The molecule has 0 aliphatic heterocycles. The lowest BCUT2D eigenvalue weighted by Crippen LogP contribution is -2.11. The molecule has 1 N–H and O–H groups in total. The van der Waals surface area contributed by atoms with Crippen molar-refractivity contribution >= 4 is 11.8 Å². The predicted molar refractivity (Wildman–Crippen MR) is 65.7 cm³/mol. The molecule has 0 unspecified atom stereocenters. The van der Waals surface area contributed by atoms with Crippen molar-refractivity contribution in [1.82, 2.24) is 4.68 Å². The summed E-state index contributed by atoms with van der Waals surface area (Å²) >= 11 is 1.77. The monoisotopic (exact) mass is 218 g/mol. The first-order valence-corrected chi connectivity index (χ1v) is 6.11. The molecular formula is C12H14N2S. The summed E-state index contributed by atoms with van der Waals surface area (Å²) in [6.07, 6.45) is 6.08. The quantitative estimate of drug-likeness (QED) is 0.795. The Morgan fingerprint density at radius 3 is 2.40 bits per heavy atom. The van der Waals surface area contributed by atoms with E-state index in [4.69, 9.17) is 0 Å². The summed E-state index contributed by atoms with van der Waals surface area (Å²) < 4.78 is 1.96. The minimum absolute atomic E-state index is 0.851. The normalized spacial score (nSPS) is 10.2. The van der Waals surface area contributed by atoms with Crippen LogP contribution in [0.2, 0.25) is 0 Å². The van der Waals surface area contributed by atoms with E-state index in [1.165, 1.54) is 10.5 Å². The van der Waals surface area contributed by atoms with E-state index in [-0.39, 0.29) is 0 Å². The van der Waals surface area contributed by atoms with E-state index in [2.05, 4.69) is 35.9 Å². The molecule has 2 nitrogen and oxygen atoms in total. The van der Waals surface area contributed by atoms with E-state index >= 15 is 0 Å². The third-order valence-electron chi connectivity index (χ3n) is 2.23. The van der Waals surface area contributed by atoms with Crippen LogP contribution in [0.4, 0.5) is 0 Å². The number of nitrogens with zero attached hydrogens (tertiary/aromatic N) is 1. The van der Waals surface area contributed by atoms with Gasteiger partial charge >= 0.3 is 0 Å². The Bertz CT molecular complexity index is 392. The molecular weight excluding hydrogens is 204 g/mol. The molecule has 0 aliphatic rings. The average molecular weight is 218 g/mol. The van der Waals surface area contributed by atoms with Gasteiger partial charge in [-0.15, -0.1) is 11.8 Å². The lowest BCUT2D eigenvalue weighted by Gasteiger charge is -2.07. The molecule has 1 heterocycles.